The minimum atomic E-state index is 0.411. The van der Waals surface area contributed by atoms with E-state index in [1.165, 1.54) is 28.7 Å². The molecule has 0 unspecified atom stereocenters. The highest BCUT2D eigenvalue weighted by molar-refractivity contribution is 5.42. The highest BCUT2D eigenvalue weighted by Gasteiger charge is 2.30. The average molecular weight is 327 g/mol. The molecular formula is C24H25N. The first kappa shape index (κ1) is 16.1. The van der Waals surface area contributed by atoms with Crippen molar-refractivity contribution < 1.29 is 0 Å². The summed E-state index contributed by atoms with van der Waals surface area (Å²) < 4.78 is 0. The van der Waals surface area contributed by atoms with Crippen molar-refractivity contribution in [2.24, 2.45) is 0 Å². The van der Waals surface area contributed by atoms with Crippen LogP contribution in [-0.2, 0) is 6.54 Å². The van der Waals surface area contributed by atoms with Gasteiger partial charge in [0, 0.05) is 12.5 Å². The molecule has 126 valence electrons. The Morgan fingerprint density at radius 3 is 2.04 bits per heavy atom. The fourth-order valence-electron chi connectivity index (χ4n) is 4.23. The molecule has 0 fully saturated rings. The molecule has 1 nitrogen and oxygen atoms in total. The summed E-state index contributed by atoms with van der Waals surface area (Å²) in [5.41, 5.74) is 5.81. The second kappa shape index (κ2) is 7.25. The summed E-state index contributed by atoms with van der Waals surface area (Å²) in [6.45, 7) is 2.15. The maximum absolute atomic E-state index is 2.45. The Balaban J connectivity index is 1.89. The lowest BCUT2D eigenvalue weighted by molar-refractivity contribution is 0.294. The van der Waals surface area contributed by atoms with Crippen LogP contribution in [0.3, 0.4) is 0 Å². The van der Waals surface area contributed by atoms with Gasteiger partial charge in [0.15, 0.2) is 0 Å². The predicted octanol–water partition coefficient (Wildman–Crippen LogP) is 5.44. The van der Waals surface area contributed by atoms with Gasteiger partial charge in [-0.3, -0.25) is 0 Å². The average Bonchev–Trinajstić information content (AvgIpc) is 2.66. The summed E-state index contributed by atoms with van der Waals surface area (Å²) in [5, 5.41) is 0. The summed E-state index contributed by atoms with van der Waals surface area (Å²) in [4.78, 5) is 2.45. The van der Waals surface area contributed by atoms with E-state index in [0.717, 1.165) is 13.1 Å². The minimum Gasteiger partial charge on any atom is -0.302 e. The standard InChI is InChI=1S/C24H25N/c1-25-17-16-23(19-10-4-2-5-11-19)24(20-12-6-3-7-13-20)22-15-9-8-14-21(22)18-25/h2-15,23-24H,16-18H2,1H3/t23-,24-/m1/s1. The Morgan fingerprint density at radius 2 is 1.32 bits per heavy atom. The van der Waals surface area contributed by atoms with Crippen LogP contribution in [0.25, 0.3) is 0 Å². The molecule has 0 saturated carbocycles. The zero-order valence-electron chi connectivity index (χ0n) is 14.8. The number of rotatable bonds is 2. The van der Waals surface area contributed by atoms with E-state index in [0.29, 0.717) is 11.8 Å². The molecule has 0 aromatic heterocycles. The largest absolute Gasteiger partial charge is 0.302 e. The summed E-state index contributed by atoms with van der Waals surface area (Å²) in [6, 6.07) is 31.1. The Hall–Kier alpha value is -2.38. The Kier molecular flexibility index (Phi) is 4.67. The van der Waals surface area contributed by atoms with E-state index in [9.17, 15) is 0 Å². The van der Waals surface area contributed by atoms with Gasteiger partial charge in [-0.25, -0.2) is 0 Å². The van der Waals surface area contributed by atoms with Crippen LogP contribution in [0.2, 0.25) is 0 Å². The summed E-state index contributed by atoms with van der Waals surface area (Å²) in [5.74, 6) is 0.904. The molecule has 3 aromatic carbocycles. The van der Waals surface area contributed by atoms with Crippen molar-refractivity contribution in [3.8, 4) is 0 Å². The van der Waals surface area contributed by atoms with Crippen molar-refractivity contribution in [3.05, 3.63) is 107 Å². The van der Waals surface area contributed by atoms with Crippen molar-refractivity contribution in [3.63, 3.8) is 0 Å². The molecule has 0 spiro atoms. The molecule has 25 heavy (non-hydrogen) atoms. The van der Waals surface area contributed by atoms with Crippen molar-refractivity contribution in [1.29, 1.82) is 0 Å². The summed E-state index contributed by atoms with van der Waals surface area (Å²) in [6.07, 6.45) is 1.18. The molecule has 0 radical (unpaired) electrons. The van der Waals surface area contributed by atoms with Gasteiger partial charge in [-0.05, 0) is 48.2 Å². The number of benzene rings is 3. The molecule has 1 aliphatic rings. The van der Waals surface area contributed by atoms with Gasteiger partial charge in [0.05, 0.1) is 0 Å². The van der Waals surface area contributed by atoms with Crippen LogP contribution in [0, 0.1) is 0 Å². The van der Waals surface area contributed by atoms with Gasteiger partial charge >= 0.3 is 0 Å². The number of hydrogen-bond donors (Lipinski definition) is 0. The number of nitrogens with zero attached hydrogens (tertiary/aromatic N) is 1. The topological polar surface area (TPSA) is 3.24 Å². The predicted molar refractivity (Wildman–Crippen MR) is 105 cm³/mol. The SMILES string of the molecule is CN1CC[C@H](c2ccccc2)[C@H](c2ccccc2)c2ccccc2C1. The third-order valence-corrected chi connectivity index (χ3v) is 5.44. The molecule has 0 bridgehead atoms. The van der Waals surface area contributed by atoms with Gasteiger partial charge < -0.3 is 4.90 Å². The highest BCUT2D eigenvalue weighted by atomic mass is 15.1. The zero-order chi connectivity index (χ0) is 17.1. The lowest BCUT2D eigenvalue weighted by atomic mass is 9.73. The van der Waals surface area contributed by atoms with Gasteiger partial charge in [-0.1, -0.05) is 84.9 Å². The zero-order valence-corrected chi connectivity index (χ0v) is 14.8. The maximum atomic E-state index is 2.45. The van der Waals surface area contributed by atoms with E-state index >= 15 is 0 Å². The molecule has 2 atom stereocenters. The molecule has 1 aliphatic heterocycles. The van der Waals surface area contributed by atoms with Gasteiger partial charge in [-0.15, -0.1) is 0 Å². The van der Waals surface area contributed by atoms with E-state index in [1.54, 1.807) is 0 Å². The van der Waals surface area contributed by atoms with Crippen LogP contribution in [0.1, 0.15) is 40.5 Å². The fraction of sp³-hybridized carbons (Fsp3) is 0.250. The van der Waals surface area contributed by atoms with Crippen molar-refractivity contribution >= 4 is 0 Å². The Morgan fingerprint density at radius 1 is 0.720 bits per heavy atom. The molecule has 3 aromatic rings. The van der Waals surface area contributed by atoms with Crippen LogP contribution in [-0.4, -0.2) is 18.5 Å². The first-order valence-corrected chi connectivity index (χ1v) is 9.19. The Labute approximate surface area is 150 Å². The third-order valence-electron chi connectivity index (χ3n) is 5.44. The molecule has 1 heteroatoms. The molecule has 0 N–H and O–H groups in total. The van der Waals surface area contributed by atoms with Crippen LogP contribution in [0.15, 0.2) is 84.9 Å². The molecular weight excluding hydrogens is 302 g/mol. The van der Waals surface area contributed by atoms with Crippen molar-refractivity contribution in [2.45, 2.75) is 24.8 Å². The normalized spacial score (nSPS) is 21.2. The summed E-state index contributed by atoms with van der Waals surface area (Å²) in [7, 11) is 2.24. The van der Waals surface area contributed by atoms with Crippen LogP contribution in [0.4, 0.5) is 0 Å². The van der Waals surface area contributed by atoms with Gasteiger partial charge in [-0.2, -0.15) is 0 Å². The first-order valence-electron chi connectivity index (χ1n) is 9.19. The summed E-state index contributed by atoms with van der Waals surface area (Å²) >= 11 is 0. The van der Waals surface area contributed by atoms with E-state index < -0.39 is 0 Å². The second-order valence-electron chi connectivity index (χ2n) is 7.13. The molecule has 4 rings (SSSR count). The minimum absolute atomic E-state index is 0.411. The highest BCUT2D eigenvalue weighted by Crippen LogP contribution is 2.43. The molecule has 0 aliphatic carbocycles. The van der Waals surface area contributed by atoms with Crippen molar-refractivity contribution in [1.82, 2.24) is 4.90 Å². The van der Waals surface area contributed by atoms with E-state index in [4.69, 9.17) is 0 Å². The lowest BCUT2D eigenvalue weighted by Crippen LogP contribution is -2.27. The molecule has 0 amide bonds. The number of hydrogen-bond acceptors (Lipinski definition) is 1. The first-order chi connectivity index (χ1) is 12.3. The van der Waals surface area contributed by atoms with Gasteiger partial charge in [0.1, 0.15) is 0 Å². The van der Waals surface area contributed by atoms with Gasteiger partial charge in [0.25, 0.3) is 0 Å². The quantitative estimate of drug-likeness (QED) is 0.606. The van der Waals surface area contributed by atoms with Crippen LogP contribution >= 0.6 is 0 Å². The monoisotopic (exact) mass is 327 g/mol. The number of fused-ring (bicyclic) bond motifs is 1. The fourth-order valence-corrected chi connectivity index (χ4v) is 4.23. The maximum Gasteiger partial charge on any atom is 0.0233 e. The third kappa shape index (κ3) is 3.38. The lowest BCUT2D eigenvalue weighted by Gasteiger charge is -2.35. The van der Waals surface area contributed by atoms with E-state index in [1.807, 2.05) is 0 Å². The van der Waals surface area contributed by atoms with Gasteiger partial charge in [0.2, 0.25) is 0 Å². The Bertz CT molecular complexity index is 810. The molecule has 1 heterocycles. The van der Waals surface area contributed by atoms with Crippen LogP contribution in [0.5, 0.6) is 0 Å². The van der Waals surface area contributed by atoms with E-state index in [2.05, 4.69) is 96.9 Å². The van der Waals surface area contributed by atoms with E-state index in [-0.39, 0.29) is 0 Å². The smallest absolute Gasteiger partial charge is 0.0233 e. The van der Waals surface area contributed by atoms with Crippen molar-refractivity contribution in [2.75, 3.05) is 13.6 Å². The molecule has 0 saturated heterocycles. The van der Waals surface area contributed by atoms with Crippen LogP contribution < -0.4 is 0 Å². The second-order valence-corrected chi connectivity index (χ2v) is 7.13.